The van der Waals surface area contributed by atoms with Gasteiger partial charge in [0.05, 0.1) is 18.4 Å². The van der Waals surface area contributed by atoms with Gasteiger partial charge in [-0.15, -0.1) is 0 Å². The van der Waals surface area contributed by atoms with E-state index in [1.165, 1.54) is 10.9 Å². The SMILES string of the molecule is CCn1cc(Cn2cc(N)c(C(=O)O)n2)cn1. The minimum atomic E-state index is -1.12. The van der Waals surface area contributed by atoms with Crippen molar-refractivity contribution in [2.24, 2.45) is 0 Å². The molecule has 0 aromatic carbocycles. The van der Waals surface area contributed by atoms with E-state index >= 15 is 0 Å². The van der Waals surface area contributed by atoms with Crippen molar-refractivity contribution in [2.75, 3.05) is 5.73 Å². The Morgan fingerprint density at radius 1 is 1.47 bits per heavy atom. The number of carboxylic acids is 1. The standard InChI is InChI=1S/C10H13N5O2/c1-2-14-4-7(3-12-14)5-15-6-8(11)9(13-15)10(16)17/h3-4,6H,2,5,11H2,1H3,(H,16,17). The number of carbonyl (C=O) groups is 1. The van der Waals surface area contributed by atoms with Crippen LogP contribution < -0.4 is 5.73 Å². The average Bonchev–Trinajstić information content (AvgIpc) is 2.85. The molecule has 0 aliphatic rings. The zero-order valence-corrected chi connectivity index (χ0v) is 9.37. The van der Waals surface area contributed by atoms with Gasteiger partial charge in [-0.05, 0) is 6.92 Å². The maximum Gasteiger partial charge on any atom is 0.358 e. The number of aromatic carboxylic acids is 1. The highest BCUT2D eigenvalue weighted by Crippen LogP contribution is 2.10. The summed E-state index contributed by atoms with van der Waals surface area (Å²) in [7, 11) is 0. The van der Waals surface area contributed by atoms with Crippen LogP contribution in [0.3, 0.4) is 0 Å². The minimum absolute atomic E-state index is 0.118. The van der Waals surface area contributed by atoms with Crippen LogP contribution in [0.4, 0.5) is 5.69 Å². The summed E-state index contributed by atoms with van der Waals surface area (Å²) < 4.78 is 3.29. The van der Waals surface area contributed by atoms with Crippen LogP contribution in [-0.2, 0) is 13.1 Å². The van der Waals surface area contributed by atoms with Crippen molar-refractivity contribution in [2.45, 2.75) is 20.0 Å². The minimum Gasteiger partial charge on any atom is -0.476 e. The quantitative estimate of drug-likeness (QED) is 0.800. The monoisotopic (exact) mass is 235 g/mol. The molecule has 0 spiro atoms. The van der Waals surface area contributed by atoms with E-state index in [0.717, 1.165) is 12.1 Å². The molecule has 17 heavy (non-hydrogen) atoms. The second-order valence-electron chi connectivity index (χ2n) is 3.64. The smallest absolute Gasteiger partial charge is 0.358 e. The van der Waals surface area contributed by atoms with Crippen LogP contribution in [0.2, 0.25) is 0 Å². The molecule has 0 saturated heterocycles. The lowest BCUT2D eigenvalue weighted by Gasteiger charge is -1.96. The Bertz CT molecular complexity index is 543. The van der Waals surface area contributed by atoms with Gasteiger partial charge in [0.2, 0.25) is 0 Å². The predicted octanol–water partition coefficient (Wildman–Crippen LogP) is 0.428. The Hall–Kier alpha value is -2.31. The van der Waals surface area contributed by atoms with Gasteiger partial charge >= 0.3 is 5.97 Å². The molecule has 3 N–H and O–H groups in total. The number of hydrogen-bond donors (Lipinski definition) is 2. The Kier molecular flexibility index (Phi) is 2.82. The maximum absolute atomic E-state index is 10.8. The van der Waals surface area contributed by atoms with E-state index in [-0.39, 0.29) is 11.4 Å². The number of anilines is 1. The van der Waals surface area contributed by atoms with Crippen LogP contribution in [0.25, 0.3) is 0 Å². The van der Waals surface area contributed by atoms with E-state index in [1.807, 2.05) is 13.1 Å². The van der Waals surface area contributed by atoms with Gasteiger partial charge in [0.25, 0.3) is 0 Å². The third-order valence-corrected chi connectivity index (χ3v) is 2.35. The second kappa shape index (κ2) is 4.28. The molecule has 0 aliphatic heterocycles. The van der Waals surface area contributed by atoms with Crippen molar-refractivity contribution in [1.29, 1.82) is 0 Å². The van der Waals surface area contributed by atoms with Gasteiger partial charge in [0.1, 0.15) is 0 Å². The molecule has 2 rings (SSSR count). The Balaban J connectivity index is 2.18. The van der Waals surface area contributed by atoms with E-state index in [1.54, 1.807) is 10.9 Å². The van der Waals surface area contributed by atoms with Gasteiger partial charge in [0.15, 0.2) is 5.69 Å². The fourth-order valence-corrected chi connectivity index (χ4v) is 1.53. The molecular formula is C10H13N5O2. The number of aryl methyl sites for hydroxylation is 1. The van der Waals surface area contributed by atoms with Crippen molar-refractivity contribution in [3.63, 3.8) is 0 Å². The summed E-state index contributed by atoms with van der Waals surface area (Å²) in [6, 6.07) is 0. The van der Waals surface area contributed by atoms with E-state index in [4.69, 9.17) is 10.8 Å². The zero-order valence-electron chi connectivity index (χ0n) is 9.37. The molecule has 0 aliphatic carbocycles. The molecule has 7 heteroatoms. The number of carboxylic acid groups (broad SMARTS) is 1. The first kappa shape index (κ1) is 11.2. The first-order chi connectivity index (χ1) is 8.10. The molecule has 2 heterocycles. The van der Waals surface area contributed by atoms with Gasteiger partial charge in [-0.3, -0.25) is 9.36 Å². The summed E-state index contributed by atoms with van der Waals surface area (Å²) in [6.07, 6.45) is 5.12. The molecule has 2 aromatic rings. The summed E-state index contributed by atoms with van der Waals surface area (Å²) >= 11 is 0. The van der Waals surface area contributed by atoms with Crippen molar-refractivity contribution in [3.8, 4) is 0 Å². The molecule has 7 nitrogen and oxygen atoms in total. The normalized spacial score (nSPS) is 10.6. The lowest BCUT2D eigenvalue weighted by Crippen LogP contribution is -2.04. The van der Waals surface area contributed by atoms with Crippen LogP contribution in [-0.4, -0.2) is 30.6 Å². The zero-order chi connectivity index (χ0) is 12.4. The Morgan fingerprint density at radius 2 is 2.24 bits per heavy atom. The molecule has 0 atom stereocenters. The molecule has 0 radical (unpaired) electrons. The van der Waals surface area contributed by atoms with Gasteiger partial charge < -0.3 is 10.8 Å². The van der Waals surface area contributed by atoms with E-state index in [2.05, 4.69) is 10.2 Å². The highest BCUT2D eigenvalue weighted by molar-refractivity contribution is 5.91. The Labute approximate surface area is 97.5 Å². The van der Waals surface area contributed by atoms with E-state index < -0.39 is 5.97 Å². The lowest BCUT2D eigenvalue weighted by atomic mass is 10.3. The molecule has 0 saturated carbocycles. The number of nitrogen functional groups attached to an aromatic ring is 1. The predicted molar refractivity (Wildman–Crippen MR) is 60.6 cm³/mol. The van der Waals surface area contributed by atoms with E-state index in [0.29, 0.717) is 6.54 Å². The maximum atomic E-state index is 10.8. The molecule has 0 fully saturated rings. The van der Waals surface area contributed by atoms with Crippen molar-refractivity contribution >= 4 is 11.7 Å². The highest BCUT2D eigenvalue weighted by atomic mass is 16.4. The summed E-state index contributed by atoms with van der Waals surface area (Å²) in [5, 5.41) is 16.8. The third kappa shape index (κ3) is 2.27. The molecule has 0 unspecified atom stereocenters. The molecule has 2 aromatic heterocycles. The number of hydrogen-bond acceptors (Lipinski definition) is 4. The first-order valence-electron chi connectivity index (χ1n) is 5.17. The van der Waals surface area contributed by atoms with Crippen molar-refractivity contribution in [3.05, 3.63) is 29.8 Å². The van der Waals surface area contributed by atoms with Crippen molar-refractivity contribution < 1.29 is 9.90 Å². The van der Waals surface area contributed by atoms with Gasteiger partial charge in [-0.1, -0.05) is 0 Å². The van der Waals surface area contributed by atoms with Crippen molar-refractivity contribution in [1.82, 2.24) is 19.6 Å². The second-order valence-corrected chi connectivity index (χ2v) is 3.64. The van der Waals surface area contributed by atoms with Crippen LogP contribution in [0.1, 0.15) is 23.0 Å². The lowest BCUT2D eigenvalue weighted by molar-refractivity contribution is 0.0690. The number of nitrogens with two attached hydrogens (primary N) is 1. The number of nitrogens with zero attached hydrogens (tertiary/aromatic N) is 4. The fraction of sp³-hybridized carbons (Fsp3) is 0.300. The van der Waals surface area contributed by atoms with Gasteiger partial charge in [-0.2, -0.15) is 10.2 Å². The summed E-state index contributed by atoms with van der Waals surface area (Å²) in [5.74, 6) is -1.12. The van der Waals surface area contributed by atoms with E-state index in [9.17, 15) is 4.79 Å². The summed E-state index contributed by atoms with van der Waals surface area (Å²) in [4.78, 5) is 10.8. The molecular weight excluding hydrogens is 222 g/mol. The van der Waals surface area contributed by atoms with Crippen LogP contribution in [0.15, 0.2) is 18.6 Å². The first-order valence-corrected chi connectivity index (χ1v) is 5.17. The van der Waals surface area contributed by atoms with Gasteiger partial charge in [-0.25, -0.2) is 4.79 Å². The number of aromatic nitrogens is 4. The van der Waals surface area contributed by atoms with Crippen LogP contribution in [0, 0.1) is 0 Å². The number of rotatable bonds is 4. The molecule has 0 bridgehead atoms. The van der Waals surface area contributed by atoms with Gasteiger partial charge in [0, 0.05) is 24.5 Å². The highest BCUT2D eigenvalue weighted by Gasteiger charge is 2.13. The average molecular weight is 235 g/mol. The fourth-order valence-electron chi connectivity index (χ4n) is 1.53. The Morgan fingerprint density at radius 3 is 2.76 bits per heavy atom. The molecule has 0 amide bonds. The summed E-state index contributed by atoms with van der Waals surface area (Å²) in [6.45, 7) is 3.24. The summed E-state index contributed by atoms with van der Waals surface area (Å²) in [5.41, 5.74) is 6.54. The third-order valence-electron chi connectivity index (χ3n) is 2.35. The van der Waals surface area contributed by atoms with Crippen LogP contribution >= 0.6 is 0 Å². The van der Waals surface area contributed by atoms with Crippen LogP contribution in [0.5, 0.6) is 0 Å². The topological polar surface area (TPSA) is 99.0 Å². The largest absolute Gasteiger partial charge is 0.476 e. The molecule has 90 valence electrons.